The molecule has 1 aliphatic rings. The normalized spacial score (nSPS) is 19.0. The summed E-state index contributed by atoms with van der Waals surface area (Å²) < 4.78 is 20.9. The SMILES string of the molecule is CCCCOc1ccc(-c2ccc(CCC3SCC(CCCC)CS3)cc2)c(F)c1. The Labute approximate surface area is 190 Å². The molecule has 2 aromatic carbocycles. The maximum absolute atomic E-state index is 14.6. The van der Waals surface area contributed by atoms with Gasteiger partial charge in [0.1, 0.15) is 11.6 Å². The minimum absolute atomic E-state index is 0.218. The molecule has 30 heavy (non-hydrogen) atoms. The Bertz CT molecular complexity index is 754. The van der Waals surface area contributed by atoms with E-state index in [-0.39, 0.29) is 5.82 Å². The second-order valence-electron chi connectivity index (χ2n) is 8.18. The van der Waals surface area contributed by atoms with Crippen LogP contribution in [-0.4, -0.2) is 22.7 Å². The van der Waals surface area contributed by atoms with Crippen molar-refractivity contribution in [2.45, 2.75) is 63.4 Å². The molecule has 0 unspecified atom stereocenters. The van der Waals surface area contributed by atoms with Crippen molar-refractivity contribution in [1.82, 2.24) is 0 Å². The summed E-state index contributed by atoms with van der Waals surface area (Å²) in [7, 11) is 0. The Hall–Kier alpha value is -1.13. The maximum atomic E-state index is 14.6. The summed E-state index contributed by atoms with van der Waals surface area (Å²) in [5, 5.41) is 0. The molecule has 3 rings (SSSR count). The lowest BCUT2D eigenvalue weighted by molar-refractivity contribution is 0.308. The van der Waals surface area contributed by atoms with E-state index in [4.69, 9.17) is 4.74 Å². The van der Waals surface area contributed by atoms with Crippen molar-refractivity contribution >= 4 is 23.5 Å². The molecule has 1 nitrogen and oxygen atoms in total. The molecular formula is C26H35FOS2. The highest BCUT2D eigenvalue weighted by molar-refractivity contribution is 8.17. The average molecular weight is 447 g/mol. The molecule has 1 saturated heterocycles. The van der Waals surface area contributed by atoms with Gasteiger partial charge in [0.25, 0.3) is 0 Å². The topological polar surface area (TPSA) is 9.23 Å². The smallest absolute Gasteiger partial charge is 0.134 e. The molecule has 0 aromatic heterocycles. The molecule has 1 heterocycles. The lowest BCUT2D eigenvalue weighted by atomic mass is 10.0. The first-order valence-corrected chi connectivity index (χ1v) is 13.5. The molecule has 0 saturated carbocycles. The van der Waals surface area contributed by atoms with Crippen LogP contribution in [-0.2, 0) is 6.42 Å². The van der Waals surface area contributed by atoms with E-state index >= 15 is 0 Å². The van der Waals surface area contributed by atoms with E-state index in [1.165, 1.54) is 48.8 Å². The zero-order chi connectivity index (χ0) is 21.2. The number of benzene rings is 2. The maximum Gasteiger partial charge on any atom is 0.134 e. The van der Waals surface area contributed by atoms with Crippen molar-refractivity contribution in [3.63, 3.8) is 0 Å². The first-order chi connectivity index (χ1) is 14.7. The third-order valence-electron chi connectivity index (χ3n) is 5.64. The molecule has 0 bridgehead atoms. The molecule has 1 aliphatic heterocycles. The molecule has 0 radical (unpaired) electrons. The molecule has 0 atom stereocenters. The summed E-state index contributed by atoms with van der Waals surface area (Å²) >= 11 is 4.31. The Morgan fingerprint density at radius 1 is 0.933 bits per heavy atom. The van der Waals surface area contributed by atoms with Crippen molar-refractivity contribution in [2.24, 2.45) is 5.92 Å². The molecule has 0 N–H and O–H groups in total. The van der Waals surface area contributed by atoms with Crippen LogP contribution in [0.3, 0.4) is 0 Å². The Kier molecular flexibility index (Phi) is 9.93. The van der Waals surface area contributed by atoms with Gasteiger partial charge in [0, 0.05) is 11.6 Å². The number of halogens is 1. The van der Waals surface area contributed by atoms with E-state index in [0.29, 0.717) is 17.9 Å². The van der Waals surface area contributed by atoms with Crippen molar-refractivity contribution in [3.05, 3.63) is 53.8 Å². The summed E-state index contributed by atoms with van der Waals surface area (Å²) in [5.41, 5.74) is 2.91. The molecule has 0 aliphatic carbocycles. The van der Waals surface area contributed by atoms with E-state index in [1.54, 1.807) is 0 Å². The van der Waals surface area contributed by atoms with Gasteiger partial charge in [-0.25, -0.2) is 4.39 Å². The number of hydrogen-bond donors (Lipinski definition) is 0. The fraction of sp³-hybridized carbons (Fsp3) is 0.538. The zero-order valence-corrected chi connectivity index (χ0v) is 20.0. The quantitative estimate of drug-likeness (QED) is 0.322. The van der Waals surface area contributed by atoms with Crippen molar-refractivity contribution in [3.8, 4) is 16.9 Å². The number of thioether (sulfide) groups is 2. The lowest BCUT2D eigenvalue weighted by Crippen LogP contribution is -2.18. The second kappa shape index (κ2) is 12.7. The van der Waals surface area contributed by atoms with Crippen LogP contribution in [0.1, 0.15) is 57.9 Å². The van der Waals surface area contributed by atoms with Gasteiger partial charge < -0.3 is 4.74 Å². The predicted octanol–water partition coefficient (Wildman–Crippen LogP) is 8.22. The second-order valence-corrected chi connectivity index (χ2v) is 11.0. The molecule has 0 spiro atoms. The molecule has 2 aromatic rings. The largest absolute Gasteiger partial charge is 0.493 e. The zero-order valence-electron chi connectivity index (χ0n) is 18.4. The van der Waals surface area contributed by atoms with Gasteiger partial charge in [0.15, 0.2) is 0 Å². The fourth-order valence-corrected chi connectivity index (χ4v) is 6.82. The average Bonchev–Trinajstić information content (AvgIpc) is 2.78. The van der Waals surface area contributed by atoms with Gasteiger partial charge in [0.2, 0.25) is 0 Å². The van der Waals surface area contributed by atoms with Crippen LogP contribution in [0.4, 0.5) is 4.39 Å². The molecule has 4 heteroatoms. The highest BCUT2D eigenvalue weighted by Crippen LogP contribution is 2.38. The highest BCUT2D eigenvalue weighted by atomic mass is 32.2. The van der Waals surface area contributed by atoms with Crippen LogP contribution in [0.2, 0.25) is 0 Å². The minimum Gasteiger partial charge on any atom is -0.493 e. The third-order valence-corrected chi connectivity index (χ3v) is 9.00. The van der Waals surface area contributed by atoms with Crippen LogP contribution in [0.5, 0.6) is 5.75 Å². The van der Waals surface area contributed by atoms with E-state index < -0.39 is 0 Å². The Morgan fingerprint density at radius 3 is 2.33 bits per heavy atom. The molecular weight excluding hydrogens is 411 g/mol. The monoisotopic (exact) mass is 446 g/mol. The van der Waals surface area contributed by atoms with Crippen molar-refractivity contribution in [1.29, 1.82) is 0 Å². The number of hydrogen-bond acceptors (Lipinski definition) is 3. The number of ether oxygens (including phenoxy) is 1. The van der Waals surface area contributed by atoms with Crippen molar-refractivity contribution < 1.29 is 9.13 Å². The van der Waals surface area contributed by atoms with Gasteiger partial charge in [-0.05, 0) is 66.4 Å². The van der Waals surface area contributed by atoms with Crippen molar-refractivity contribution in [2.75, 3.05) is 18.1 Å². The predicted molar refractivity (Wildman–Crippen MR) is 132 cm³/mol. The Morgan fingerprint density at radius 2 is 1.67 bits per heavy atom. The van der Waals surface area contributed by atoms with Crippen LogP contribution in [0.15, 0.2) is 42.5 Å². The summed E-state index contributed by atoms with van der Waals surface area (Å²) in [6.07, 6.45) is 8.45. The lowest BCUT2D eigenvalue weighted by Gasteiger charge is -2.27. The molecule has 164 valence electrons. The Balaban J connectivity index is 1.48. The summed E-state index contributed by atoms with van der Waals surface area (Å²) in [5.74, 6) is 3.96. The van der Waals surface area contributed by atoms with Crippen LogP contribution >= 0.6 is 23.5 Å². The number of aryl methyl sites for hydroxylation is 1. The highest BCUT2D eigenvalue weighted by Gasteiger charge is 2.21. The summed E-state index contributed by atoms with van der Waals surface area (Å²) in [6.45, 7) is 5.04. The molecule has 0 amide bonds. The molecule has 1 fully saturated rings. The third kappa shape index (κ3) is 7.23. The summed E-state index contributed by atoms with van der Waals surface area (Å²) in [6, 6.07) is 13.6. The summed E-state index contributed by atoms with van der Waals surface area (Å²) in [4.78, 5) is 0. The first-order valence-electron chi connectivity index (χ1n) is 11.4. The standard InChI is InChI=1S/C26H35FOS2/c1-3-5-7-21-18-29-26(30-19-21)15-10-20-8-11-22(12-9-20)24-14-13-23(17-25(24)27)28-16-6-4-2/h8-9,11-14,17,21,26H,3-7,10,15-16,18-19H2,1-2H3. The van der Waals surface area contributed by atoms with E-state index in [9.17, 15) is 4.39 Å². The van der Waals surface area contributed by atoms with Gasteiger partial charge >= 0.3 is 0 Å². The van der Waals surface area contributed by atoms with Gasteiger partial charge in [-0.1, -0.05) is 57.4 Å². The van der Waals surface area contributed by atoms with Crippen LogP contribution in [0.25, 0.3) is 11.1 Å². The minimum atomic E-state index is -0.218. The first kappa shape index (κ1) is 23.5. The van der Waals surface area contributed by atoms with E-state index in [0.717, 1.165) is 35.3 Å². The van der Waals surface area contributed by atoms with E-state index in [1.807, 2.05) is 24.3 Å². The van der Waals surface area contributed by atoms with Crippen LogP contribution in [0, 0.1) is 11.7 Å². The van der Waals surface area contributed by atoms with Gasteiger partial charge in [-0.2, -0.15) is 0 Å². The number of rotatable bonds is 11. The fourth-order valence-electron chi connectivity index (χ4n) is 3.70. The van der Waals surface area contributed by atoms with Gasteiger partial charge in [-0.15, -0.1) is 23.5 Å². The van der Waals surface area contributed by atoms with E-state index in [2.05, 4.69) is 49.5 Å². The van der Waals surface area contributed by atoms with Crippen LogP contribution < -0.4 is 4.74 Å². The number of unbranched alkanes of at least 4 members (excludes halogenated alkanes) is 2. The van der Waals surface area contributed by atoms with Gasteiger partial charge in [0.05, 0.1) is 11.2 Å². The van der Waals surface area contributed by atoms with Gasteiger partial charge in [-0.3, -0.25) is 0 Å².